The number of carbonyl (C=O) groups excluding carboxylic acids is 1. The van der Waals surface area contributed by atoms with Crippen molar-refractivity contribution in [3.8, 4) is 0 Å². The molecule has 0 aromatic heterocycles. The highest BCUT2D eigenvalue weighted by molar-refractivity contribution is 9.10. The Morgan fingerprint density at radius 3 is 2.25 bits per heavy atom. The van der Waals surface area contributed by atoms with Crippen molar-refractivity contribution in [2.75, 3.05) is 0 Å². The van der Waals surface area contributed by atoms with E-state index in [9.17, 15) is 18.0 Å². The molecule has 0 amide bonds. The molecule has 0 saturated heterocycles. The summed E-state index contributed by atoms with van der Waals surface area (Å²) in [4.78, 5) is 12.3. The molecule has 0 radical (unpaired) electrons. The number of hydrogen-bond acceptors (Lipinski definition) is 1. The van der Waals surface area contributed by atoms with E-state index in [1.807, 2.05) is 0 Å². The Morgan fingerprint density at radius 2 is 1.70 bits per heavy atom. The monoisotopic (exact) mass is 342 g/mol. The van der Waals surface area contributed by atoms with E-state index in [0.29, 0.717) is 15.6 Å². The summed E-state index contributed by atoms with van der Waals surface area (Å²) in [5.41, 5.74) is 0.250. The Balaban J connectivity index is 2.45. The van der Waals surface area contributed by atoms with Gasteiger partial charge in [-0.05, 0) is 36.8 Å². The molecule has 0 aliphatic heterocycles. The van der Waals surface area contributed by atoms with E-state index >= 15 is 0 Å². The standard InChI is InChI=1S/C15H10BrF3O/c1-9-8-10(15(17,18)19)6-7-11(9)14(20)12-4-2-3-5-13(12)16/h2-8H,1H3. The molecule has 2 aromatic carbocycles. The maximum Gasteiger partial charge on any atom is 0.416 e. The molecular formula is C15H10BrF3O. The van der Waals surface area contributed by atoms with Gasteiger partial charge in [-0.15, -0.1) is 0 Å². The zero-order valence-electron chi connectivity index (χ0n) is 10.5. The second kappa shape index (κ2) is 5.40. The summed E-state index contributed by atoms with van der Waals surface area (Å²) in [5.74, 6) is -0.302. The van der Waals surface area contributed by atoms with Gasteiger partial charge >= 0.3 is 6.18 Å². The van der Waals surface area contributed by atoms with Crippen LogP contribution >= 0.6 is 15.9 Å². The third-order valence-electron chi connectivity index (χ3n) is 2.92. The predicted molar refractivity (Wildman–Crippen MR) is 73.8 cm³/mol. The number of halogens is 4. The minimum absolute atomic E-state index is 0.268. The summed E-state index contributed by atoms with van der Waals surface area (Å²) in [5, 5.41) is 0. The minimum Gasteiger partial charge on any atom is -0.289 e. The first-order valence-corrected chi connectivity index (χ1v) is 6.57. The van der Waals surface area contributed by atoms with Crippen molar-refractivity contribution in [2.45, 2.75) is 13.1 Å². The van der Waals surface area contributed by atoms with E-state index in [1.54, 1.807) is 24.3 Å². The molecule has 2 aromatic rings. The molecule has 2 rings (SSSR count). The summed E-state index contributed by atoms with van der Waals surface area (Å²) >= 11 is 3.26. The fraction of sp³-hybridized carbons (Fsp3) is 0.133. The second-order valence-corrected chi connectivity index (χ2v) is 5.19. The Hall–Kier alpha value is -1.62. The highest BCUT2D eigenvalue weighted by Crippen LogP contribution is 2.31. The van der Waals surface area contributed by atoms with Gasteiger partial charge in [0.2, 0.25) is 0 Å². The highest BCUT2D eigenvalue weighted by atomic mass is 79.9. The number of rotatable bonds is 2. The maximum atomic E-state index is 12.6. The van der Waals surface area contributed by atoms with Crippen LogP contribution in [0.25, 0.3) is 0 Å². The Bertz CT molecular complexity index is 662. The molecule has 0 aliphatic carbocycles. The van der Waals surface area contributed by atoms with Crippen molar-refractivity contribution in [2.24, 2.45) is 0 Å². The van der Waals surface area contributed by atoms with Crippen LogP contribution in [-0.2, 0) is 6.18 Å². The largest absolute Gasteiger partial charge is 0.416 e. The van der Waals surface area contributed by atoms with Gasteiger partial charge in [-0.25, -0.2) is 0 Å². The lowest BCUT2D eigenvalue weighted by Gasteiger charge is -2.11. The van der Waals surface area contributed by atoms with Crippen LogP contribution in [0.3, 0.4) is 0 Å². The van der Waals surface area contributed by atoms with Crippen LogP contribution in [0.5, 0.6) is 0 Å². The summed E-state index contributed by atoms with van der Waals surface area (Å²) < 4.78 is 38.4. The Labute approximate surface area is 122 Å². The maximum absolute atomic E-state index is 12.6. The quantitative estimate of drug-likeness (QED) is 0.701. The van der Waals surface area contributed by atoms with Crippen LogP contribution < -0.4 is 0 Å². The lowest BCUT2D eigenvalue weighted by Crippen LogP contribution is -2.09. The molecule has 5 heteroatoms. The smallest absolute Gasteiger partial charge is 0.289 e. The molecule has 1 nitrogen and oxygen atoms in total. The first-order valence-electron chi connectivity index (χ1n) is 5.78. The van der Waals surface area contributed by atoms with Crippen LogP contribution in [0, 0.1) is 6.92 Å². The second-order valence-electron chi connectivity index (χ2n) is 4.34. The molecule has 0 unspecified atom stereocenters. The van der Waals surface area contributed by atoms with E-state index in [2.05, 4.69) is 15.9 Å². The van der Waals surface area contributed by atoms with Gasteiger partial charge in [0.15, 0.2) is 5.78 Å². The number of benzene rings is 2. The molecule has 20 heavy (non-hydrogen) atoms. The van der Waals surface area contributed by atoms with Crippen molar-refractivity contribution >= 4 is 21.7 Å². The van der Waals surface area contributed by atoms with Gasteiger partial charge in [0, 0.05) is 15.6 Å². The topological polar surface area (TPSA) is 17.1 Å². The molecule has 0 heterocycles. The number of hydrogen-bond donors (Lipinski definition) is 0. The third-order valence-corrected chi connectivity index (χ3v) is 3.61. The molecule has 104 valence electrons. The van der Waals surface area contributed by atoms with Gasteiger partial charge in [0.25, 0.3) is 0 Å². The Kier molecular flexibility index (Phi) is 3.99. The molecule has 0 aliphatic rings. The van der Waals surface area contributed by atoms with Crippen LogP contribution in [0.4, 0.5) is 13.2 Å². The minimum atomic E-state index is -4.40. The van der Waals surface area contributed by atoms with Crippen LogP contribution in [0.2, 0.25) is 0 Å². The normalized spacial score (nSPS) is 11.4. The van der Waals surface area contributed by atoms with E-state index in [-0.39, 0.29) is 11.3 Å². The summed E-state index contributed by atoms with van der Waals surface area (Å²) in [6, 6.07) is 9.95. The number of aryl methyl sites for hydroxylation is 1. The molecule has 0 spiro atoms. The van der Waals surface area contributed by atoms with Crippen LogP contribution in [-0.4, -0.2) is 5.78 Å². The van der Waals surface area contributed by atoms with E-state index in [1.165, 1.54) is 13.0 Å². The predicted octanol–water partition coefficient (Wildman–Crippen LogP) is 5.01. The summed E-state index contributed by atoms with van der Waals surface area (Å²) in [7, 11) is 0. The third kappa shape index (κ3) is 2.93. The SMILES string of the molecule is Cc1cc(C(F)(F)F)ccc1C(=O)c1ccccc1Br. The zero-order chi connectivity index (χ0) is 14.9. The van der Waals surface area contributed by atoms with Crippen molar-refractivity contribution < 1.29 is 18.0 Å². The Morgan fingerprint density at radius 1 is 1.05 bits per heavy atom. The van der Waals surface area contributed by atoms with E-state index in [4.69, 9.17) is 0 Å². The number of alkyl halides is 3. The van der Waals surface area contributed by atoms with Gasteiger partial charge in [0.05, 0.1) is 5.56 Å². The van der Waals surface area contributed by atoms with Gasteiger partial charge < -0.3 is 0 Å². The van der Waals surface area contributed by atoms with Gasteiger partial charge in [-0.3, -0.25) is 4.79 Å². The van der Waals surface area contributed by atoms with Crippen LogP contribution in [0.15, 0.2) is 46.9 Å². The number of carbonyl (C=O) groups is 1. The first kappa shape index (κ1) is 14.8. The molecule has 0 saturated carbocycles. The van der Waals surface area contributed by atoms with E-state index in [0.717, 1.165) is 12.1 Å². The average Bonchev–Trinajstić information content (AvgIpc) is 2.37. The summed E-state index contributed by atoms with van der Waals surface area (Å²) in [6.45, 7) is 1.50. The van der Waals surface area contributed by atoms with Crippen molar-refractivity contribution in [1.82, 2.24) is 0 Å². The van der Waals surface area contributed by atoms with E-state index < -0.39 is 11.7 Å². The molecule has 0 bridgehead atoms. The van der Waals surface area contributed by atoms with Crippen LogP contribution in [0.1, 0.15) is 27.0 Å². The van der Waals surface area contributed by atoms with Crippen molar-refractivity contribution in [1.29, 1.82) is 0 Å². The first-order chi connectivity index (χ1) is 9.30. The van der Waals surface area contributed by atoms with Gasteiger partial charge in [-0.2, -0.15) is 13.2 Å². The molecular weight excluding hydrogens is 333 g/mol. The average molecular weight is 343 g/mol. The van der Waals surface area contributed by atoms with Gasteiger partial charge in [0.1, 0.15) is 0 Å². The highest BCUT2D eigenvalue weighted by Gasteiger charge is 2.31. The fourth-order valence-electron chi connectivity index (χ4n) is 1.89. The van der Waals surface area contributed by atoms with Crippen molar-refractivity contribution in [3.63, 3.8) is 0 Å². The van der Waals surface area contributed by atoms with Crippen molar-refractivity contribution in [3.05, 3.63) is 69.2 Å². The zero-order valence-corrected chi connectivity index (χ0v) is 12.0. The lowest BCUT2D eigenvalue weighted by molar-refractivity contribution is -0.137. The fourth-order valence-corrected chi connectivity index (χ4v) is 2.35. The molecule has 0 N–H and O–H groups in total. The molecule has 0 fully saturated rings. The summed E-state index contributed by atoms with van der Waals surface area (Å²) in [6.07, 6.45) is -4.40. The number of ketones is 1. The molecule has 0 atom stereocenters. The lowest BCUT2D eigenvalue weighted by atomic mass is 9.97. The van der Waals surface area contributed by atoms with Gasteiger partial charge in [-0.1, -0.05) is 34.1 Å².